The molecule has 0 saturated heterocycles. The molecule has 1 amide bonds. The zero-order valence-corrected chi connectivity index (χ0v) is 14.4. The van der Waals surface area contributed by atoms with Crippen molar-refractivity contribution in [2.45, 2.75) is 57.4 Å². The van der Waals surface area contributed by atoms with Gasteiger partial charge in [0.25, 0.3) is 5.91 Å². The van der Waals surface area contributed by atoms with Crippen molar-refractivity contribution in [3.8, 4) is 0 Å². The van der Waals surface area contributed by atoms with Crippen LogP contribution < -0.4 is 5.32 Å². The molecule has 1 atom stereocenters. The maximum Gasteiger partial charge on any atom is 0.416 e. The molecule has 0 aliphatic heterocycles. The van der Waals surface area contributed by atoms with Gasteiger partial charge in [-0.1, -0.05) is 32.6 Å². The Labute approximate surface area is 151 Å². The summed E-state index contributed by atoms with van der Waals surface area (Å²) in [5, 5.41) is 11.1. The molecule has 0 aliphatic rings. The molecule has 0 aliphatic carbocycles. The number of rotatable bonds is 8. The van der Waals surface area contributed by atoms with Gasteiger partial charge in [-0.05, 0) is 24.6 Å². The Morgan fingerprint density at radius 2 is 1.48 bits per heavy atom. The van der Waals surface area contributed by atoms with Gasteiger partial charge in [-0.2, -0.15) is 26.3 Å². The van der Waals surface area contributed by atoms with Crippen molar-refractivity contribution < 1.29 is 41.0 Å². The lowest BCUT2D eigenvalue weighted by Gasteiger charge is -2.17. The highest BCUT2D eigenvalue weighted by atomic mass is 19.4. The summed E-state index contributed by atoms with van der Waals surface area (Å²) < 4.78 is 77.0. The standard InChI is InChI=1S/C17H19F6NO3/c1-2-3-4-5-6-13(15(26)27)24-14(25)10-7-11(16(18,19)20)9-12(8-10)17(21,22)23/h7-9,13H,2-6H2,1H3,(H,24,25)(H,26,27)/t13-/m1/s1. The van der Waals surface area contributed by atoms with Crippen molar-refractivity contribution in [3.05, 3.63) is 34.9 Å². The highest BCUT2D eigenvalue weighted by molar-refractivity contribution is 5.97. The highest BCUT2D eigenvalue weighted by Crippen LogP contribution is 2.36. The van der Waals surface area contributed by atoms with Gasteiger partial charge in [0, 0.05) is 5.56 Å². The molecule has 0 saturated carbocycles. The number of hydrogen-bond acceptors (Lipinski definition) is 2. The lowest BCUT2D eigenvalue weighted by molar-refractivity contribution is -0.143. The van der Waals surface area contributed by atoms with E-state index in [-0.39, 0.29) is 24.6 Å². The molecule has 0 fully saturated rings. The minimum atomic E-state index is -5.09. The number of alkyl halides is 6. The van der Waals surface area contributed by atoms with Gasteiger partial charge in [-0.15, -0.1) is 0 Å². The smallest absolute Gasteiger partial charge is 0.416 e. The number of aliphatic carboxylic acids is 1. The van der Waals surface area contributed by atoms with E-state index in [2.05, 4.69) is 0 Å². The molecule has 0 unspecified atom stereocenters. The van der Waals surface area contributed by atoms with Crippen LogP contribution in [0.15, 0.2) is 18.2 Å². The summed E-state index contributed by atoms with van der Waals surface area (Å²) in [5.74, 6) is -2.72. The Morgan fingerprint density at radius 1 is 0.963 bits per heavy atom. The fourth-order valence-electron chi connectivity index (χ4n) is 2.36. The number of nitrogens with one attached hydrogen (secondary N) is 1. The second-order valence-corrected chi connectivity index (χ2v) is 6.01. The molecule has 0 bridgehead atoms. The molecular weight excluding hydrogens is 380 g/mol. The van der Waals surface area contributed by atoms with Crippen molar-refractivity contribution >= 4 is 11.9 Å². The lowest BCUT2D eigenvalue weighted by Crippen LogP contribution is -2.40. The molecule has 10 heteroatoms. The van der Waals surface area contributed by atoms with Gasteiger partial charge in [-0.25, -0.2) is 4.79 Å². The number of carboxylic acid groups (broad SMARTS) is 1. The molecule has 2 N–H and O–H groups in total. The van der Waals surface area contributed by atoms with Crippen LogP contribution in [-0.2, 0) is 17.1 Å². The maximum absolute atomic E-state index is 12.8. The lowest BCUT2D eigenvalue weighted by atomic mass is 10.0. The highest BCUT2D eigenvalue weighted by Gasteiger charge is 2.37. The van der Waals surface area contributed by atoms with Gasteiger partial charge >= 0.3 is 18.3 Å². The SMILES string of the molecule is CCCCCC[C@@H](NC(=O)c1cc(C(F)(F)F)cc(C(F)(F)F)c1)C(=O)O. The van der Waals surface area contributed by atoms with Crippen LogP contribution in [0.2, 0.25) is 0 Å². The summed E-state index contributed by atoms with van der Waals surface area (Å²) in [4.78, 5) is 23.3. The first-order valence-corrected chi connectivity index (χ1v) is 8.19. The number of hydrogen-bond donors (Lipinski definition) is 2. The van der Waals surface area contributed by atoms with E-state index in [0.29, 0.717) is 12.8 Å². The second-order valence-electron chi connectivity index (χ2n) is 6.01. The molecule has 0 radical (unpaired) electrons. The average Bonchev–Trinajstić information content (AvgIpc) is 2.55. The Morgan fingerprint density at radius 3 is 1.89 bits per heavy atom. The third kappa shape index (κ3) is 7.10. The second kappa shape index (κ2) is 9.09. The van der Waals surface area contributed by atoms with E-state index in [9.17, 15) is 35.9 Å². The number of carboxylic acids is 1. The summed E-state index contributed by atoms with van der Waals surface area (Å²) in [6.07, 6.45) is -7.31. The first-order valence-electron chi connectivity index (χ1n) is 8.19. The largest absolute Gasteiger partial charge is 0.480 e. The van der Waals surface area contributed by atoms with Crippen molar-refractivity contribution in [3.63, 3.8) is 0 Å². The number of unbranched alkanes of at least 4 members (excludes halogenated alkanes) is 3. The Hall–Kier alpha value is -2.26. The summed E-state index contributed by atoms with van der Waals surface area (Å²) >= 11 is 0. The predicted molar refractivity (Wildman–Crippen MR) is 84.1 cm³/mol. The quantitative estimate of drug-likeness (QED) is 0.484. The van der Waals surface area contributed by atoms with E-state index >= 15 is 0 Å². The van der Waals surface area contributed by atoms with E-state index in [1.807, 2.05) is 12.2 Å². The molecule has 152 valence electrons. The van der Waals surface area contributed by atoms with Gasteiger partial charge < -0.3 is 10.4 Å². The third-order valence-corrected chi connectivity index (χ3v) is 3.80. The van der Waals surface area contributed by atoms with E-state index in [4.69, 9.17) is 5.11 Å². The molecule has 0 aromatic heterocycles. The zero-order chi connectivity index (χ0) is 20.8. The zero-order valence-electron chi connectivity index (χ0n) is 14.4. The first-order chi connectivity index (χ1) is 12.4. The Kier molecular flexibility index (Phi) is 7.67. The molecule has 1 rings (SSSR count). The molecule has 4 nitrogen and oxygen atoms in total. The Balaban J connectivity index is 3.08. The van der Waals surface area contributed by atoms with Crippen LogP contribution in [0.1, 0.15) is 60.5 Å². The molecular formula is C17H19F6NO3. The van der Waals surface area contributed by atoms with Crippen molar-refractivity contribution in [1.29, 1.82) is 0 Å². The summed E-state index contributed by atoms with van der Waals surface area (Å²) in [5.41, 5.74) is -4.19. The van der Waals surface area contributed by atoms with Crippen LogP contribution in [-0.4, -0.2) is 23.0 Å². The summed E-state index contributed by atoms with van der Waals surface area (Å²) in [7, 11) is 0. The van der Waals surface area contributed by atoms with Gasteiger partial charge in [0.15, 0.2) is 0 Å². The van der Waals surface area contributed by atoms with Gasteiger partial charge in [-0.3, -0.25) is 4.79 Å². The van der Waals surface area contributed by atoms with E-state index < -0.39 is 47.0 Å². The van der Waals surface area contributed by atoms with Crippen LogP contribution >= 0.6 is 0 Å². The number of carbonyl (C=O) groups is 2. The monoisotopic (exact) mass is 399 g/mol. The topological polar surface area (TPSA) is 66.4 Å². The molecule has 1 aromatic rings. The predicted octanol–water partition coefficient (Wildman–Crippen LogP) is 4.88. The number of halogens is 6. The fourth-order valence-corrected chi connectivity index (χ4v) is 2.36. The summed E-state index contributed by atoms with van der Waals surface area (Å²) in [6, 6.07) is -0.976. The van der Waals surface area contributed by atoms with Gasteiger partial charge in [0.05, 0.1) is 11.1 Å². The van der Waals surface area contributed by atoms with Crippen LogP contribution in [0.4, 0.5) is 26.3 Å². The summed E-state index contributed by atoms with van der Waals surface area (Å²) in [6.45, 7) is 1.93. The normalized spacial score (nSPS) is 13.3. The van der Waals surface area contributed by atoms with E-state index in [1.54, 1.807) is 0 Å². The Bertz CT molecular complexity index is 637. The minimum absolute atomic E-state index is 0.0200. The van der Waals surface area contributed by atoms with Crippen molar-refractivity contribution in [2.75, 3.05) is 0 Å². The molecule has 0 heterocycles. The van der Waals surface area contributed by atoms with Crippen LogP contribution in [0.5, 0.6) is 0 Å². The maximum atomic E-state index is 12.8. The van der Waals surface area contributed by atoms with E-state index in [0.717, 1.165) is 12.8 Å². The van der Waals surface area contributed by atoms with Crippen LogP contribution in [0.3, 0.4) is 0 Å². The number of benzene rings is 1. The van der Waals surface area contributed by atoms with Crippen LogP contribution in [0.25, 0.3) is 0 Å². The number of amides is 1. The van der Waals surface area contributed by atoms with Gasteiger partial charge in [0.2, 0.25) is 0 Å². The number of carbonyl (C=O) groups excluding carboxylic acids is 1. The van der Waals surface area contributed by atoms with E-state index in [1.165, 1.54) is 0 Å². The van der Waals surface area contributed by atoms with Gasteiger partial charge in [0.1, 0.15) is 6.04 Å². The molecule has 27 heavy (non-hydrogen) atoms. The molecule has 0 spiro atoms. The average molecular weight is 399 g/mol. The van der Waals surface area contributed by atoms with Crippen molar-refractivity contribution in [1.82, 2.24) is 5.32 Å². The van der Waals surface area contributed by atoms with Crippen LogP contribution in [0, 0.1) is 0 Å². The third-order valence-electron chi connectivity index (χ3n) is 3.80. The minimum Gasteiger partial charge on any atom is -0.480 e. The van der Waals surface area contributed by atoms with Crippen molar-refractivity contribution in [2.24, 2.45) is 0 Å². The fraction of sp³-hybridized carbons (Fsp3) is 0.529. The first kappa shape index (κ1) is 22.8. The molecule has 1 aromatic carbocycles.